The first kappa shape index (κ1) is 16.4. The van der Waals surface area contributed by atoms with Crippen LogP contribution in [0.25, 0.3) is 0 Å². The van der Waals surface area contributed by atoms with E-state index in [2.05, 4.69) is 13.8 Å². The van der Waals surface area contributed by atoms with Crippen molar-refractivity contribution in [3.63, 3.8) is 0 Å². The summed E-state index contributed by atoms with van der Waals surface area (Å²) in [4.78, 5) is 0. The van der Waals surface area contributed by atoms with Crippen LogP contribution >= 0.6 is 0 Å². The first-order valence-corrected chi connectivity index (χ1v) is 9.51. The Labute approximate surface area is 128 Å². The second-order valence-electron chi connectivity index (χ2n) is 7.37. The molecule has 20 heavy (non-hydrogen) atoms. The van der Waals surface area contributed by atoms with Gasteiger partial charge in [-0.1, -0.05) is 46.0 Å². The number of rotatable bonds is 7. The molecule has 2 saturated carbocycles. The highest BCUT2D eigenvalue weighted by Crippen LogP contribution is 2.44. The SMILES string of the molecule is CCCCC[C]1CCC([C]2CCC(CCC)CC2)CC1. The maximum atomic E-state index is 2.34. The smallest absolute Gasteiger partial charge is 0.0210 e. The van der Waals surface area contributed by atoms with E-state index in [4.69, 9.17) is 0 Å². The lowest BCUT2D eigenvalue weighted by Gasteiger charge is -2.37. The molecule has 2 rings (SSSR count). The van der Waals surface area contributed by atoms with Gasteiger partial charge >= 0.3 is 0 Å². The molecule has 0 bridgehead atoms. The molecule has 0 N–H and O–H groups in total. The van der Waals surface area contributed by atoms with Gasteiger partial charge in [0.2, 0.25) is 0 Å². The van der Waals surface area contributed by atoms with Crippen molar-refractivity contribution in [2.24, 2.45) is 11.8 Å². The third-order valence-electron chi connectivity index (χ3n) is 5.85. The van der Waals surface area contributed by atoms with Gasteiger partial charge in [-0.25, -0.2) is 0 Å². The summed E-state index contributed by atoms with van der Waals surface area (Å²) in [6, 6.07) is 0. The van der Waals surface area contributed by atoms with Crippen molar-refractivity contribution in [1.29, 1.82) is 0 Å². The van der Waals surface area contributed by atoms with E-state index in [1.54, 1.807) is 0 Å². The summed E-state index contributed by atoms with van der Waals surface area (Å²) < 4.78 is 0. The number of hydrogen-bond acceptors (Lipinski definition) is 0. The molecule has 0 unspecified atom stereocenters. The van der Waals surface area contributed by atoms with Gasteiger partial charge in [-0.3, -0.25) is 0 Å². The van der Waals surface area contributed by atoms with Crippen LogP contribution in [-0.4, -0.2) is 0 Å². The molecule has 0 amide bonds. The van der Waals surface area contributed by atoms with Crippen molar-refractivity contribution in [1.82, 2.24) is 0 Å². The zero-order valence-electron chi connectivity index (χ0n) is 14.1. The van der Waals surface area contributed by atoms with Crippen LogP contribution in [-0.2, 0) is 0 Å². The molecule has 0 aromatic heterocycles. The van der Waals surface area contributed by atoms with Crippen LogP contribution in [0, 0.1) is 23.7 Å². The molecule has 2 aliphatic carbocycles. The van der Waals surface area contributed by atoms with E-state index >= 15 is 0 Å². The summed E-state index contributed by atoms with van der Waals surface area (Å²) in [5.74, 6) is 5.93. The summed E-state index contributed by atoms with van der Waals surface area (Å²) >= 11 is 0. The molecule has 0 aromatic rings. The molecule has 0 nitrogen and oxygen atoms in total. The highest BCUT2D eigenvalue weighted by molar-refractivity contribution is 5.05. The van der Waals surface area contributed by atoms with Crippen molar-refractivity contribution in [3.05, 3.63) is 11.8 Å². The largest absolute Gasteiger partial charge is 0.0654 e. The van der Waals surface area contributed by atoms with Crippen molar-refractivity contribution in [2.75, 3.05) is 0 Å². The Morgan fingerprint density at radius 3 is 2.10 bits per heavy atom. The molecule has 116 valence electrons. The Balaban J connectivity index is 1.62. The summed E-state index contributed by atoms with van der Waals surface area (Å²) in [5.41, 5.74) is 0. The van der Waals surface area contributed by atoms with Gasteiger partial charge in [0.15, 0.2) is 0 Å². The summed E-state index contributed by atoms with van der Waals surface area (Å²) in [5, 5.41) is 0. The third-order valence-corrected chi connectivity index (χ3v) is 5.85. The third kappa shape index (κ3) is 5.08. The van der Waals surface area contributed by atoms with E-state index in [-0.39, 0.29) is 0 Å². The monoisotopic (exact) mass is 276 g/mol. The second kappa shape index (κ2) is 9.11. The van der Waals surface area contributed by atoms with Crippen LogP contribution in [0.2, 0.25) is 0 Å². The predicted molar refractivity (Wildman–Crippen MR) is 89.5 cm³/mol. The highest BCUT2D eigenvalue weighted by Gasteiger charge is 2.30. The average molecular weight is 277 g/mol. The van der Waals surface area contributed by atoms with Gasteiger partial charge in [-0.15, -0.1) is 0 Å². The molecule has 0 heteroatoms. The Morgan fingerprint density at radius 1 is 0.800 bits per heavy atom. The number of unbranched alkanes of at least 4 members (excludes halogenated alkanes) is 2. The maximum absolute atomic E-state index is 2.34. The molecule has 2 aliphatic rings. The molecule has 0 aromatic carbocycles. The van der Waals surface area contributed by atoms with Crippen LogP contribution in [0.1, 0.15) is 104 Å². The topological polar surface area (TPSA) is 0 Å². The van der Waals surface area contributed by atoms with Crippen molar-refractivity contribution < 1.29 is 0 Å². The molecule has 0 aliphatic heterocycles. The van der Waals surface area contributed by atoms with E-state index < -0.39 is 0 Å². The maximum Gasteiger partial charge on any atom is -0.0210 e. The van der Waals surface area contributed by atoms with Gasteiger partial charge in [0, 0.05) is 0 Å². The molecular formula is C20H36. The summed E-state index contributed by atoms with van der Waals surface area (Å²) in [6.45, 7) is 4.66. The minimum absolute atomic E-state index is 1.01. The van der Waals surface area contributed by atoms with E-state index in [0.717, 1.165) is 11.8 Å². The fourth-order valence-corrected chi connectivity index (χ4v) is 4.46. The Morgan fingerprint density at radius 2 is 1.50 bits per heavy atom. The Bertz CT molecular complexity index is 228. The fourth-order valence-electron chi connectivity index (χ4n) is 4.46. The minimum Gasteiger partial charge on any atom is -0.0654 e. The first-order chi connectivity index (χ1) is 9.83. The molecule has 0 atom stereocenters. The Hall–Kier alpha value is 0. The number of hydrogen-bond donors (Lipinski definition) is 0. The fraction of sp³-hybridized carbons (Fsp3) is 0.900. The van der Waals surface area contributed by atoms with Crippen LogP contribution in [0.15, 0.2) is 0 Å². The van der Waals surface area contributed by atoms with E-state index in [9.17, 15) is 0 Å². The lowest BCUT2D eigenvalue weighted by molar-refractivity contribution is 0.281. The van der Waals surface area contributed by atoms with Crippen LogP contribution in [0.4, 0.5) is 0 Å². The molecule has 0 saturated heterocycles. The lowest BCUT2D eigenvalue weighted by atomic mass is 9.68. The molecule has 2 fully saturated rings. The van der Waals surface area contributed by atoms with Gasteiger partial charge in [0.25, 0.3) is 0 Å². The zero-order chi connectivity index (χ0) is 14.2. The quantitative estimate of drug-likeness (QED) is 0.444. The van der Waals surface area contributed by atoms with Gasteiger partial charge in [0.1, 0.15) is 0 Å². The van der Waals surface area contributed by atoms with E-state index in [1.165, 1.54) is 89.9 Å². The molecule has 2 radical (unpaired) electrons. The Kier molecular flexibility index (Phi) is 7.45. The molecule has 0 heterocycles. The summed E-state index contributed by atoms with van der Waals surface area (Å²) in [7, 11) is 0. The highest BCUT2D eigenvalue weighted by atomic mass is 14.4. The van der Waals surface area contributed by atoms with Crippen molar-refractivity contribution in [2.45, 2.75) is 104 Å². The first-order valence-electron chi connectivity index (χ1n) is 9.51. The van der Waals surface area contributed by atoms with Gasteiger partial charge in [0.05, 0.1) is 0 Å². The van der Waals surface area contributed by atoms with Crippen LogP contribution < -0.4 is 0 Å². The lowest BCUT2D eigenvalue weighted by Crippen LogP contribution is -2.24. The van der Waals surface area contributed by atoms with E-state index in [0.29, 0.717) is 0 Å². The second-order valence-corrected chi connectivity index (χ2v) is 7.37. The van der Waals surface area contributed by atoms with Gasteiger partial charge < -0.3 is 0 Å². The van der Waals surface area contributed by atoms with Crippen LogP contribution in [0.3, 0.4) is 0 Å². The molecular weight excluding hydrogens is 240 g/mol. The zero-order valence-corrected chi connectivity index (χ0v) is 14.1. The van der Waals surface area contributed by atoms with Crippen molar-refractivity contribution in [3.8, 4) is 0 Å². The predicted octanol–water partition coefficient (Wildman–Crippen LogP) is 6.90. The van der Waals surface area contributed by atoms with E-state index in [1.807, 2.05) is 11.8 Å². The van der Waals surface area contributed by atoms with Gasteiger partial charge in [-0.2, -0.15) is 0 Å². The average Bonchev–Trinajstić information content (AvgIpc) is 2.49. The van der Waals surface area contributed by atoms with Crippen LogP contribution in [0.5, 0.6) is 0 Å². The minimum atomic E-state index is 1.01. The normalized spacial score (nSPS) is 24.3. The molecule has 0 spiro atoms. The standard InChI is InChI=1S/C20H36/c1-3-5-6-8-18-11-15-20(16-12-18)19-13-9-17(7-4-2)10-14-19/h17,20H,3-16H2,1-2H3. The summed E-state index contributed by atoms with van der Waals surface area (Å²) in [6.07, 6.45) is 20.4. The van der Waals surface area contributed by atoms with Crippen molar-refractivity contribution >= 4 is 0 Å². The van der Waals surface area contributed by atoms with Gasteiger partial charge in [-0.05, 0) is 81.5 Å².